The highest BCUT2D eigenvalue weighted by Crippen LogP contribution is 2.55. The Morgan fingerprint density at radius 2 is 1.86 bits per heavy atom. The van der Waals surface area contributed by atoms with E-state index in [9.17, 15) is 0 Å². The van der Waals surface area contributed by atoms with Crippen LogP contribution in [0.1, 0.15) is 26.7 Å². The molecule has 2 bridgehead atoms. The molecule has 1 aliphatic heterocycles. The summed E-state index contributed by atoms with van der Waals surface area (Å²) >= 11 is 0. The molecule has 0 amide bonds. The Kier molecular flexibility index (Phi) is 2.61. The second kappa shape index (κ2) is 4.19. The van der Waals surface area contributed by atoms with Gasteiger partial charge in [0.25, 0.3) is 0 Å². The Labute approximate surface area is 127 Å². The van der Waals surface area contributed by atoms with E-state index in [1.807, 2.05) is 6.08 Å². The van der Waals surface area contributed by atoms with E-state index in [2.05, 4.69) is 61.9 Å². The van der Waals surface area contributed by atoms with E-state index in [1.54, 1.807) is 11.1 Å². The zero-order valence-corrected chi connectivity index (χ0v) is 13.0. The van der Waals surface area contributed by atoms with Crippen LogP contribution in [0.3, 0.4) is 0 Å². The fourth-order valence-corrected chi connectivity index (χ4v) is 4.50. The summed E-state index contributed by atoms with van der Waals surface area (Å²) in [6, 6.07) is 0. The summed E-state index contributed by atoms with van der Waals surface area (Å²) < 4.78 is 0. The number of nitrogens with zero attached hydrogens (tertiary/aromatic N) is 1. The van der Waals surface area contributed by atoms with Crippen LogP contribution in [0.25, 0.3) is 0 Å². The molecule has 0 spiro atoms. The van der Waals surface area contributed by atoms with Gasteiger partial charge in [-0.15, -0.1) is 0 Å². The summed E-state index contributed by atoms with van der Waals surface area (Å²) in [5.41, 5.74) is 4.94. The van der Waals surface area contributed by atoms with E-state index in [1.165, 1.54) is 18.6 Å². The van der Waals surface area contributed by atoms with Crippen molar-refractivity contribution in [2.45, 2.75) is 26.7 Å². The largest absolute Gasteiger partial charge is 0.285 e. The van der Waals surface area contributed by atoms with Crippen molar-refractivity contribution < 1.29 is 0 Å². The molecule has 0 aromatic rings. The summed E-state index contributed by atoms with van der Waals surface area (Å²) in [5.74, 6) is 1.08. The molecule has 0 saturated heterocycles. The van der Waals surface area contributed by atoms with Gasteiger partial charge in [0, 0.05) is 28.4 Å². The molecule has 0 aromatic carbocycles. The van der Waals surface area contributed by atoms with Gasteiger partial charge in [0.15, 0.2) is 0 Å². The SMILES string of the molecule is C=C/C=C\C1CC(C2=NC2)C2=CC3(C)C=CC(C)(C=C21)C3. The van der Waals surface area contributed by atoms with Crippen LogP contribution in [-0.4, -0.2) is 12.3 Å². The van der Waals surface area contributed by atoms with Crippen molar-refractivity contribution in [2.24, 2.45) is 27.7 Å². The van der Waals surface area contributed by atoms with Crippen LogP contribution in [0.4, 0.5) is 0 Å². The van der Waals surface area contributed by atoms with Crippen LogP contribution in [0, 0.1) is 22.7 Å². The Bertz CT molecular complexity index is 657. The molecule has 0 N–H and O–H groups in total. The lowest BCUT2D eigenvalue weighted by Crippen LogP contribution is -2.14. The topological polar surface area (TPSA) is 12.4 Å². The van der Waals surface area contributed by atoms with Crippen molar-refractivity contribution in [3.63, 3.8) is 0 Å². The highest BCUT2D eigenvalue weighted by molar-refractivity contribution is 6.01. The summed E-state index contributed by atoms with van der Waals surface area (Å²) in [5, 5.41) is 0. The average Bonchev–Trinajstić information content (AvgIpc) is 3.17. The van der Waals surface area contributed by atoms with Crippen LogP contribution >= 0.6 is 0 Å². The summed E-state index contributed by atoms with van der Waals surface area (Å²) in [6.07, 6.45) is 18.6. The Hall–Kier alpha value is -1.63. The molecule has 4 rings (SSSR count). The Morgan fingerprint density at radius 1 is 1.19 bits per heavy atom. The highest BCUT2D eigenvalue weighted by Gasteiger charge is 2.45. The maximum Gasteiger partial charge on any atom is 0.0774 e. The third kappa shape index (κ3) is 2.10. The molecule has 1 saturated carbocycles. The van der Waals surface area contributed by atoms with Gasteiger partial charge in [0.1, 0.15) is 0 Å². The highest BCUT2D eigenvalue weighted by atomic mass is 14.9. The molecule has 0 radical (unpaired) electrons. The van der Waals surface area contributed by atoms with E-state index in [0.29, 0.717) is 11.8 Å². The van der Waals surface area contributed by atoms with Crippen molar-refractivity contribution in [1.82, 2.24) is 0 Å². The lowest BCUT2D eigenvalue weighted by molar-refractivity contribution is 0.404. The van der Waals surface area contributed by atoms with Gasteiger partial charge >= 0.3 is 0 Å². The van der Waals surface area contributed by atoms with Gasteiger partial charge in [0.05, 0.1) is 6.54 Å². The third-order valence-electron chi connectivity index (χ3n) is 5.40. The lowest BCUT2D eigenvalue weighted by atomic mass is 9.80. The van der Waals surface area contributed by atoms with Crippen LogP contribution < -0.4 is 0 Å². The number of rotatable bonds is 3. The second-order valence-electron chi connectivity index (χ2n) is 7.54. The van der Waals surface area contributed by atoms with Gasteiger partial charge < -0.3 is 0 Å². The molecule has 4 unspecified atom stereocenters. The van der Waals surface area contributed by atoms with E-state index in [4.69, 9.17) is 0 Å². The predicted molar refractivity (Wildman–Crippen MR) is 89.4 cm³/mol. The van der Waals surface area contributed by atoms with E-state index < -0.39 is 0 Å². The number of hydrogen-bond donors (Lipinski definition) is 0. The van der Waals surface area contributed by atoms with Gasteiger partial charge in [-0.2, -0.15) is 0 Å². The zero-order valence-electron chi connectivity index (χ0n) is 13.0. The quantitative estimate of drug-likeness (QED) is 0.525. The first kappa shape index (κ1) is 13.1. The smallest absolute Gasteiger partial charge is 0.0774 e. The van der Waals surface area contributed by atoms with E-state index in [-0.39, 0.29) is 10.8 Å². The third-order valence-corrected chi connectivity index (χ3v) is 5.40. The van der Waals surface area contributed by atoms with Crippen molar-refractivity contribution in [2.75, 3.05) is 6.54 Å². The Balaban J connectivity index is 1.83. The maximum absolute atomic E-state index is 4.51. The standard InChI is InChI=1S/C20H23N/c1-4-5-6-14-9-15(18-12-21-18)17-11-20(3)8-7-19(2,13-20)10-16(14)17/h4-8,10-11,14-15H,1,9,12-13H2,2-3H3/b6-5-. The van der Waals surface area contributed by atoms with Gasteiger partial charge in [-0.25, -0.2) is 0 Å². The molecular formula is C20H23N. The van der Waals surface area contributed by atoms with Crippen molar-refractivity contribution in [3.05, 3.63) is 60.3 Å². The van der Waals surface area contributed by atoms with Gasteiger partial charge in [-0.1, -0.05) is 63.0 Å². The summed E-state index contributed by atoms with van der Waals surface area (Å²) in [4.78, 5) is 4.51. The molecule has 1 heterocycles. The summed E-state index contributed by atoms with van der Waals surface area (Å²) in [7, 11) is 0. The zero-order chi connectivity index (χ0) is 14.7. The van der Waals surface area contributed by atoms with Crippen LogP contribution in [0.2, 0.25) is 0 Å². The molecule has 108 valence electrons. The first-order chi connectivity index (χ1) is 10.0. The minimum absolute atomic E-state index is 0.211. The minimum Gasteiger partial charge on any atom is -0.285 e. The van der Waals surface area contributed by atoms with Gasteiger partial charge in [0.2, 0.25) is 0 Å². The Morgan fingerprint density at radius 3 is 2.48 bits per heavy atom. The number of aliphatic imine (C=N–C) groups is 1. The van der Waals surface area contributed by atoms with Crippen molar-refractivity contribution in [1.29, 1.82) is 0 Å². The molecular weight excluding hydrogens is 254 g/mol. The lowest BCUT2D eigenvalue weighted by Gasteiger charge is -2.23. The molecule has 4 atom stereocenters. The van der Waals surface area contributed by atoms with E-state index >= 15 is 0 Å². The first-order valence-electron chi connectivity index (χ1n) is 8.01. The molecule has 4 aliphatic rings. The first-order valence-corrected chi connectivity index (χ1v) is 8.01. The van der Waals surface area contributed by atoms with Crippen LogP contribution in [0.5, 0.6) is 0 Å². The molecule has 3 aliphatic carbocycles. The molecule has 1 heteroatoms. The van der Waals surface area contributed by atoms with Crippen molar-refractivity contribution in [3.8, 4) is 0 Å². The molecule has 21 heavy (non-hydrogen) atoms. The summed E-state index contributed by atoms with van der Waals surface area (Å²) in [6.45, 7) is 9.54. The number of allylic oxidation sites excluding steroid dienone is 9. The fourth-order valence-electron chi connectivity index (χ4n) is 4.50. The predicted octanol–water partition coefficient (Wildman–Crippen LogP) is 4.66. The number of fused-ring (bicyclic) bond motifs is 3. The van der Waals surface area contributed by atoms with Crippen LogP contribution in [-0.2, 0) is 0 Å². The molecule has 0 aromatic heterocycles. The van der Waals surface area contributed by atoms with Crippen LogP contribution in [0.15, 0.2) is 65.2 Å². The van der Waals surface area contributed by atoms with Gasteiger partial charge in [-0.3, -0.25) is 4.99 Å². The van der Waals surface area contributed by atoms with E-state index in [0.717, 1.165) is 6.54 Å². The molecule has 1 fully saturated rings. The van der Waals surface area contributed by atoms with Gasteiger partial charge in [-0.05, 0) is 24.0 Å². The normalized spacial score (nSPS) is 43.2. The minimum atomic E-state index is 0.211. The number of hydrogen-bond acceptors (Lipinski definition) is 1. The average molecular weight is 277 g/mol. The maximum atomic E-state index is 4.51. The fraction of sp³-hybridized carbons (Fsp3) is 0.450. The molecule has 1 nitrogen and oxygen atoms in total. The second-order valence-corrected chi connectivity index (χ2v) is 7.54. The monoisotopic (exact) mass is 277 g/mol. The van der Waals surface area contributed by atoms with Crippen molar-refractivity contribution >= 4 is 5.71 Å².